The zero-order valence-corrected chi connectivity index (χ0v) is 16.2. The first kappa shape index (κ1) is 18.3. The van der Waals surface area contributed by atoms with Crippen LogP contribution >= 0.6 is 0 Å². The van der Waals surface area contributed by atoms with E-state index in [0.717, 1.165) is 38.4 Å². The van der Waals surface area contributed by atoms with Crippen molar-refractivity contribution in [3.05, 3.63) is 11.7 Å². The first-order chi connectivity index (χ1) is 12.6. The van der Waals surface area contributed by atoms with Gasteiger partial charge in [-0.2, -0.15) is 4.98 Å². The van der Waals surface area contributed by atoms with E-state index in [-0.39, 0.29) is 23.6 Å². The number of piperazine rings is 1. The Bertz CT molecular complexity index is 716. The summed E-state index contributed by atoms with van der Waals surface area (Å²) in [5.41, 5.74) is 0. The summed E-state index contributed by atoms with van der Waals surface area (Å²) in [4.78, 5) is 9.09. The zero-order chi connectivity index (χ0) is 18.1. The van der Waals surface area contributed by atoms with Gasteiger partial charge in [-0.25, -0.2) is 8.42 Å². The number of hydrogen-bond donors (Lipinski definition) is 0. The lowest BCUT2D eigenvalue weighted by Crippen LogP contribution is -2.59. The Balaban J connectivity index is 1.45. The second-order valence-electron chi connectivity index (χ2n) is 7.74. The van der Waals surface area contributed by atoms with E-state index < -0.39 is 9.84 Å². The average molecular weight is 385 g/mol. The van der Waals surface area contributed by atoms with Crippen molar-refractivity contribution >= 4 is 9.84 Å². The van der Waals surface area contributed by atoms with Gasteiger partial charge in [0, 0.05) is 44.7 Å². The summed E-state index contributed by atoms with van der Waals surface area (Å²) in [6.45, 7) is 3.61. The number of nitrogens with zero attached hydrogens (tertiary/aromatic N) is 4. The molecule has 2 aliphatic heterocycles. The maximum atomic E-state index is 12.3. The van der Waals surface area contributed by atoms with Crippen LogP contribution in [0.25, 0.3) is 0 Å². The SMILES string of the molecule is COCCN1CCN(Cc2noc(C3CCCC3)n2)C2CS(=O)(=O)CC21. The molecule has 1 saturated carbocycles. The van der Waals surface area contributed by atoms with Gasteiger partial charge in [-0.05, 0) is 12.8 Å². The van der Waals surface area contributed by atoms with Crippen LogP contribution in [0.1, 0.15) is 43.3 Å². The van der Waals surface area contributed by atoms with E-state index in [4.69, 9.17) is 9.26 Å². The van der Waals surface area contributed by atoms with Gasteiger partial charge in [0.2, 0.25) is 5.89 Å². The molecule has 8 nitrogen and oxygen atoms in total. The van der Waals surface area contributed by atoms with Gasteiger partial charge in [-0.1, -0.05) is 18.0 Å². The molecular weight excluding hydrogens is 356 g/mol. The molecule has 9 heteroatoms. The minimum Gasteiger partial charge on any atom is -0.383 e. The fourth-order valence-electron chi connectivity index (χ4n) is 4.63. The van der Waals surface area contributed by atoms with E-state index in [1.54, 1.807) is 7.11 Å². The van der Waals surface area contributed by atoms with Crippen LogP contribution in [0.3, 0.4) is 0 Å². The van der Waals surface area contributed by atoms with Crippen LogP contribution < -0.4 is 0 Å². The van der Waals surface area contributed by atoms with Gasteiger partial charge in [-0.3, -0.25) is 9.80 Å². The molecule has 4 rings (SSSR count). The lowest BCUT2D eigenvalue weighted by atomic mass is 10.0. The van der Waals surface area contributed by atoms with Crippen LogP contribution in [0.2, 0.25) is 0 Å². The molecule has 2 atom stereocenters. The van der Waals surface area contributed by atoms with Crippen LogP contribution in [0.4, 0.5) is 0 Å². The third-order valence-electron chi connectivity index (χ3n) is 6.02. The van der Waals surface area contributed by atoms with E-state index in [1.807, 2.05) is 0 Å². The summed E-state index contributed by atoms with van der Waals surface area (Å²) in [6, 6.07) is 0.0316. The van der Waals surface area contributed by atoms with Gasteiger partial charge in [0.15, 0.2) is 15.7 Å². The molecule has 0 N–H and O–H groups in total. The minimum absolute atomic E-state index is 0.000892. The summed E-state index contributed by atoms with van der Waals surface area (Å²) in [5, 5.41) is 4.16. The van der Waals surface area contributed by atoms with Gasteiger partial charge in [0.25, 0.3) is 0 Å². The van der Waals surface area contributed by atoms with Crippen molar-refractivity contribution in [2.24, 2.45) is 0 Å². The molecule has 3 heterocycles. The number of aromatic nitrogens is 2. The number of methoxy groups -OCH3 is 1. The van der Waals surface area contributed by atoms with Crippen molar-refractivity contribution in [2.75, 3.05) is 44.9 Å². The van der Waals surface area contributed by atoms with Crippen molar-refractivity contribution in [1.29, 1.82) is 0 Å². The van der Waals surface area contributed by atoms with Crippen LogP contribution in [0.15, 0.2) is 4.52 Å². The highest BCUT2D eigenvalue weighted by Gasteiger charge is 2.46. The largest absolute Gasteiger partial charge is 0.383 e. The van der Waals surface area contributed by atoms with Gasteiger partial charge < -0.3 is 9.26 Å². The molecule has 146 valence electrons. The van der Waals surface area contributed by atoms with Crippen molar-refractivity contribution in [3.63, 3.8) is 0 Å². The highest BCUT2D eigenvalue weighted by atomic mass is 32.2. The third-order valence-corrected chi connectivity index (χ3v) is 7.72. The Morgan fingerprint density at radius 1 is 1.15 bits per heavy atom. The zero-order valence-electron chi connectivity index (χ0n) is 15.3. The molecule has 1 aromatic heterocycles. The number of fused-ring (bicyclic) bond motifs is 1. The fourth-order valence-corrected chi connectivity index (χ4v) is 6.67. The monoisotopic (exact) mass is 384 g/mol. The lowest BCUT2D eigenvalue weighted by Gasteiger charge is -2.43. The predicted molar refractivity (Wildman–Crippen MR) is 95.6 cm³/mol. The fraction of sp³-hybridized carbons (Fsp3) is 0.882. The Hall–Kier alpha value is -1.03. The first-order valence-electron chi connectivity index (χ1n) is 9.55. The molecular formula is C17H28N4O4S. The third kappa shape index (κ3) is 3.81. The van der Waals surface area contributed by atoms with Gasteiger partial charge in [-0.15, -0.1) is 0 Å². The highest BCUT2D eigenvalue weighted by molar-refractivity contribution is 7.91. The van der Waals surface area contributed by atoms with E-state index >= 15 is 0 Å². The molecule has 3 fully saturated rings. The van der Waals surface area contributed by atoms with Crippen LogP contribution in [0.5, 0.6) is 0 Å². The predicted octanol–water partition coefficient (Wildman–Crippen LogP) is 0.657. The molecule has 0 radical (unpaired) electrons. The van der Waals surface area contributed by atoms with Gasteiger partial charge in [0.1, 0.15) is 0 Å². The number of ether oxygens (including phenoxy) is 1. The molecule has 0 spiro atoms. The molecule has 0 amide bonds. The van der Waals surface area contributed by atoms with E-state index in [0.29, 0.717) is 24.9 Å². The van der Waals surface area contributed by atoms with E-state index in [2.05, 4.69) is 19.9 Å². The van der Waals surface area contributed by atoms with Gasteiger partial charge >= 0.3 is 0 Å². The second kappa shape index (κ2) is 7.53. The normalized spacial score (nSPS) is 30.0. The standard InChI is InChI=1S/C17H28N4O4S/c1-24-9-8-20-6-7-21(15-12-26(22,23)11-14(15)20)10-16-18-17(25-19-16)13-4-2-3-5-13/h13-15H,2-12H2,1H3. The average Bonchev–Trinajstić information content (AvgIpc) is 3.32. The Labute approximate surface area is 154 Å². The maximum absolute atomic E-state index is 12.3. The molecule has 2 unspecified atom stereocenters. The van der Waals surface area contributed by atoms with Crippen molar-refractivity contribution in [2.45, 2.75) is 50.2 Å². The van der Waals surface area contributed by atoms with Crippen molar-refractivity contribution < 1.29 is 17.7 Å². The lowest BCUT2D eigenvalue weighted by molar-refractivity contribution is 0.0237. The summed E-state index contributed by atoms with van der Waals surface area (Å²) < 4.78 is 35.2. The quantitative estimate of drug-likeness (QED) is 0.707. The Morgan fingerprint density at radius 2 is 1.85 bits per heavy atom. The summed E-state index contributed by atoms with van der Waals surface area (Å²) in [7, 11) is -1.33. The van der Waals surface area contributed by atoms with E-state index in [1.165, 1.54) is 12.8 Å². The topological polar surface area (TPSA) is 88.8 Å². The molecule has 3 aliphatic rings. The highest BCUT2D eigenvalue weighted by Crippen LogP contribution is 2.33. The maximum Gasteiger partial charge on any atom is 0.229 e. The minimum atomic E-state index is -3.01. The Morgan fingerprint density at radius 3 is 2.58 bits per heavy atom. The molecule has 1 aromatic rings. The molecule has 0 aromatic carbocycles. The summed E-state index contributed by atoms with van der Waals surface area (Å²) in [5.74, 6) is 2.29. The molecule has 0 bridgehead atoms. The smallest absolute Gasteiger partial charge is 0.229 e. The second-order valence-corrected chi connectivity index (χ2v) is 9.89. The van der Waals surface area contributed by atoms with Crippen LogP contribution in [-0.4, -0.2) is 85.3 Å². The van der Waals surface area contributed by atoms with Crippen LogP contribution in [0, 0.1) is 0 Å². The van der Waals surface area contributed by atoms with Crippen molar-refractivity contribution in [1.82, 2.24) is 19.9 Å². The van der Waals surface area contributed by atoms with Gasteiger partial charge in [0.05, 0.1) is 24.7 Å². The van der Waals surface area contributed by atoms with Crippen LogP contribution in [-0.2, 0) is 21.1 Å². The van der Waals surface area contributed by atoms with Crippen molar-refractivity contribution in [3.8, 4) is 0 Å². The number of hydrogen-bond acceptors (Lipinski definition) is 8. The molecule has 26 heavy (non-hydrogen) atoms. The summed E-state index contributed by atoms with van der Waals surface area (Å²) in [6.07, 6.45) is 4.71. The molecule has 2 saturated heterocycles. The number of rotatable bonds is 6. The first-order valence-corrected chi connectivity index (χ1v) is 11.4. The van der Waals surface area contributed by atoms with E-state index in [9.17, 15) is 8.42 Å². The Kier molecular flexibility index (Phi) is 5.31. The number of sulfone groups is 1. The summed E-state index contributed by atoms with van der Waals surface area (Å²) >= 11 is 0. The molecule has 1 aliphatic carbocycles.